The molecule has 2 atom stereocenters. The lowest BCUT2D eigenvalue weighted by Crippen LogP contribution is -2.27. The van der Waals surface area contributed by atoms with Gasteiger partial charge in [-0.1, -0.05) is 60.7 Å². The highest BCUT2D eigenvalue weighted by Gasteiger charge is 2.39. The average Bonchev–Trinajstić information content (AvgIpc) is 3.25. The Morgan fingerprint density at radius 3 is 2.63 bits per heavy atom. The third-order valence-corrected chi connectivity index (χ3v) is 6.29. The molecule has 1 aliphatic carbocycles. The van der Waals surface area contributed by atoms with Gasteiger partial charge in [0.25, 0.3) is 0 Å². The van der Waals surface area contributed by atoms with E-state index >= 15 is 0 Å². The molecule has 1 N–H and O–H groups in total. The molecule has 1 aliphatic heterocycles. The summed E-state index contributed by atoms with van der Waals surface area (Å²) < 4.78 is 5.49. The quantitative estimate of drug-likeness (QED) is 0.624. The van der Waals surface area contributed by atoms with Gasteiger partial charge in [0.05, 0.1) is 13.2 Å². The molecule has 1 aromatic heterocycles. The summed E-state index contributed by atoms with van der Waals surface area (Å²) in [6.45, 7) is 0. The van der Waals surface area contributed by atoms with Gasteiger partial charge in [0.15, 0.2) is 5.75 Å². The Hall–Kier alpha value is -2.98. The summed E-state index contributed by atoms with van der Waals surface area (Å²) in [4.78, 5) is 2.26. The number of hydrogen-bond acceptors (Lipinski definition) is 4. The first-order valence-corrected chi connectivity index (χ1v) is 9.84. The van der Waals surface area contributed by atoms with Crippen LogP contribution in [0.15, 0.2) is 78.2 Å². The fraction of sp³-hybridized carbons (Fsp3) is 0.130. The van der Waals surface area contributed by atoms with Crippen molar-refractivity contribution in [1.29, 1.82) is 0 Å². The second-order valence-electron chi connectivity index (χ2n) is 6.72. The number of benzene rings is 2. The molecule has 0 saturated carbocycles. The van der Waals surface area contributed by atoms with E-state index in [2.05, 4.69) is 53.5 Å². The molecule has 0 amide bonds. The van der Waals surface area contributed by atoms with Crippen LogP contribution >= 0.6 is 11.3 Å². The van der Waals surface area contributed by atoms with Crippen LogP contribution in [0.5, 0.6) is 11.5 Å². The molecule has 134 valence electrons. The van der Waals surface area contributed by atoms with Gasteiger partial charge >= 0.3 is 0 Å². The van der Waals surface area contributed by atoms with Gasteiger partial charge in [-0.3, -0.25) is 0 Å². The highest BCUT2D eigenvalue weighted by Crippen LogP contribution is 2.54. The van der Waals surface area contributed by atoms with Crippen LogP contribution < -0.4 is 9.64 Å². The Kier molecular flexibility index (Phi) is 3.80. The van der Waals surface area contributed by atoms with Crippen molar-refractivity contribution in [2.24, 2.45) is 0 Å². The summed E-state index contributed by atoms with van der Waals surface area (Å²) >= 11 is 1.57. The molecule has 4 heteroatoms. The molecule has 0 fully saturated rings. The average molecular weight is 373 g/mol. The zero-order chi connectivity index (χ0) is 18.4. The van der Waals surface area contributed by atoms with Crippen LogP contribution in [0.1, 0.15) is 11.5 Å². The van der Waals surface area contributed by atoms with Crippen LogP contribution in [0.4, 0.5) is 10.7 Å². The van der Waals surface area contributed by atoms with Crippen molar-refractivity contribution in [2.75, 3.05) is 12.0 Å². The van der Waals surface area contributed by atoms with Crippen molar-refractivity contribution < 1.29 is 9.84 Å². The monoisotopic (exact) mass is 373 g/mol. The maximum atomic E-state index is 11.1. The summed E-state index contributed by atoms with van der Waals surface area (Å²) in [5.41, 5.74) is 4.17. The summed E-state index contributed by atoms with van der Waals surface area (Å²) in [5.74, 6) is 1.38. The molecular formula is C23H19NO2S. The lowest BCUT2D eigenvalue weighted by Gasteiger charge is -2.27. The minimum atomic E-state index is 0.183. The standard InChI is InChI=1S/C23H19NO2S/c1-26-21-13-7-4-10-17(21)18-14-27-23(22(18)25)24-19-11-5-2-8-15(19)16-9-3-6-12-20(16)24/h2-15,19,25H,1H3. The fourth-order valence-corrected chi connectivity index (χ4v) is 5.12. The molecule has 0 radical (unpaired) electrons. The Morgan fingerprint density at radius 1 is 0.963 bits per heavy atom. The molecule has 0 bridgehead atoms. The molecular weight excluding hydrogens is 354 g/mol. The highest BCUT2D eigenvalue weighted by atomic mass is 32.1. The van der Waals surface area contributed by atoms with Crippen molar-refractivity contribution in [3.8, 4) is 22.6 Å². The molecule has 2 unspecified atom stereocenters. The van der Waals surface area contributed by atoms with Gasteiger partial charge in [0, 0.05) is 28.1 Å². The Morgan fingerprint density at radius 2 is 1.74 bits per heavy atom. The van der Waals surface area contributed by atoms with E-state index in [4.69, 9.17) is 4.74 Å². The molecule has 27 heavy (non-hydrogen) atoms. The number of anilines is 2. The SMILES string of the molecule is COc1ccccc1-c1csc(N2c3ccccc3C3C=CC=CC32)c1O. The van der Waals surface area contributed by atoms with Crippen LogP contribution in [0.2, 0.25) is 0 Å². The van der Waals surface area contributed by atoms with E-state index in [1.54, 1.807) is 18.4 Å². The zero-order valence-corrected chi connectivity index (χ0v) is 15.7. The van der Waals surface area contributed by atoms with Gasteiger partial charge in [-0.2, -0.15) is 0 Å². The van der Waals surface area contributed by atoms with Gasteiger partial charge < -0.3 is 14.7 Å². The van der Waals surface area contributed by atoms with Crippen LogP contribution in [0.25, 0.3) is 11.1 Å². The van der Waals surface area contributed by atoms with Gasteiger partial charge in [-0.05, 0) is 17.7 Å². The van der Waals surface area contributed by atoms with Crippen LogP contribution in [-0.4, -0.2) is 18.3 Å². The van der Waals surface area contributed by atoms with Gasteiger partial charge in [-0.15, -0.1) is 11.3 Å². The summed E-state index contributed by atoms with van der Waals surface area (Å²) in [7, 11) is 1.66. The molecule has 0 spiro atoms. The number of fused-ring (bicyclic) bond motifs is 3. The minimum Gasteiger partial charge on any atom is -0.504 e. The Bertz CT molecular complexity index is 1070. The van der Waals surface area contributed by atoms with Crippen molar-refractivity contribution in [2.45, 2.75) is 12.0 Å². The van der Waals surface area contributed by atoms with Crippen LogP contribution in [0, 0.1) is 0 Å². The molecule has 2 aromatic carbocycles. The van der Waals surface area contributed by atoms with E-state index in [1.165, 1.54) is 5.56 Å². The third kappa shape index (κ3) is 2.41. The summed E-state index contributed by atoms with van der Waals surface area (Å²) in [6, 6.07) is 16.4. The van der Waals surface area contributed by atoms with E-state index in [9.17, 15) is 5.11 Å². The normalized spacial score (nSPS) is 19.8. The highest BCUT2D eigenvalue weighted by molar-refractivity contribution is 7.15. The Labute approximate surface area is 162 Å². The van der Waals surface area contributed by atoms with Gasteiger partial charge in [-0.25, -0.2) is 0 Å². The number of allylic oxidation sites excluding steroid dienone is 2. The predicted octanol–water partition coefficient (Wildman–Crippen LogP) is 5.86. The molecule has 3 aromatic rings. The number of para-hydroxylation sites is 2. The number of hydrogen-bond donors (Lipinski definition) is 1. The first kappa shape index (κ1) is 16.2. The summed E-state index contributed by atoms with van der Waals surface area (Å²) in [6.07, 6.45) is 8.66. The number of nitrogens with zero attached hydrogens (tertiary/aromatic N) is 1. The van der Waals surface area contributed by atoms with Gasteiger partial charge in [0.1, 0.15) is 10.8 Å². The van der Waals surface area contributed by atoms with Crippen molar-refractivity contribution in [3.63, 3.8) is 0 Å². The maximum Gasteiger partial charge on any atom is 0.158 e. The van der Waals surface area contributed by atoms with Crippen LogP contribution in [-0.2, 0) is 0 Å². The van der Waals surface area contributed by atoms with E-state index in [0.717, 1.165) is 27.6 Å². The lowest BCUT2D eigenvalue weighted by molar-refractivity contribution is 0.416. The molecule has 2 aliphatic rings. The smallest absolute Gasteiger partial charge is 0.158 e. The van der Waals surface area contributed by atoms with Crippen molar-refractivity contribution in [3.05, 3.63) is 83.8 Å². The second-order valence-corrected chi connectivity index (χ2v) is 7.58. The zero-order valence-electron chi connectivity index (χ0n) is 14.9. The maximum absolute atomic E-state index is 11.1. The van der Waals surface area contributed by atoms with Crippen LogP contribution in [0.3, 0.4) is 0 Å². The summed E-state index contributed by atoms with van der Waals surface area (Å²) in [5, 5.41) is 14.0. The van der Waals surface area contributed by atoms with E-state index in [-0.39, 0.29) is 6.04 Å². The number of thiophene rings is 1. The Balaban J connectivity index is 1.65. The number of rotatable bonds is 3. The first-order chi connectivity index (χ1) is 13.3. The molecule has 5 rings (SSSR count). The van der Waals surface area contributed by atoms with Crippen molar-refractivity contribution in [1.82, 2.24) is 0 Å². The molecule has 0 saturated heterocycles. The van der Waals surface area contributed by atoms with E-state index in [1.807, 2.05) is 29.6 Å². The predicted molar refractivity (Wildman–Crippen MR) is 111 cm³/mol. The molecule has 3 nitrogen and oxygen atoms in total. The fourth-order valence-electron chi connectivity index (χ4n) is 4.09. The number of aromatic hydroxyl groups is 1. The second kappa shape index (κ2) is 6.32. The van der Waals surface area contributed by atoms with E-state index in [0.29, 0.717) is 11.7 Å². The van der Waals surface area contributed by atoms with Gasteiger partial charge in [0.2, 0.25) is 0 Å². The van der Waals surface area contributed by atoms with Crippen molar-refractivity contribution >= 4 is 22.0 Å². The lowest BCUT2D eigenvalue weighted by atomic mass is 9.91. The topological polar surface area (TPSA) is 32.7 Å². The number of ether oxygens (including phenoxy) is 1. The largest absolute Gasteiger partial charge is 0.504 e. The molecule has 2 heterocycles. The minimum absolute atomic E-state index is 0.183. The number of methoxy groups -OCH3 is 1. The first-order valence-electron chi connectivity index (χ1n) is 8.96. The third-order valence-electron chi connectivity index (χ3n) is 5.32. The van der Waals surface area contributed by atoms with E-state index < -0.39 is 0 Å².